The first kappa shape index (κ1) is 17.4. The van der Waals surface area contributed by atoms with Gasteiger partial charge in [-0.2, -0.15) is 0 Å². The number of hydrogen-bond donors (Lipinski definition) is 1. The lowest BCUT2D eigenvalue weighted by molar-refractivity contribution is -0.114. The van der Waals surface area contributed by atoms with Gasteiger partial charge in [-0.25, -0.2) is 0 Å². The quantitative estimate of drug-likeness (QED) is 0.892. The highest BCUT2D eigenvalue weighted by atomic mass is 32.1. The van der Waals surface area contributed by atoms with E-state index in [1.165, 1.54) is 11.8 Å². The second kappa shape index (κ2) is 6.84. The summed E-state index contributed by atoms with van der Waals surface area (Å²) in [7, 11) is 0. The molecule has 1 aliphatic heterocycles. The predicted octanol–water partition coefficient (Wildman–Crippen LogP) is 3.08. The Kier molecular flexibility index (Phi) is 4.97. The highest BCUT2D eigenvalue weighted by Gasteiger charge is 2.33. The van der Waals surface area contributed by atoms with E-state index in [2.05, 4.69) is 12.2 Å². The van der Waals surface area contributed by atoms with E-state index < -0.39 is 0 Å². The van der Waals surface area contributed by atoms with E-state index in [4.69, 9.17) is 4.74 Å². The van der Waals surface area contributed by atoms with Crippen molar-refractivity contribution in [2.75, 3.05) is 18.4 Å². The molecule has 0 bridgehead atoms. The van der Waals surface area contributed by atoms with Gasteiger partial charge in [-0.05, 0) is 44.6 Å². The van der Waals surface area contributed by atoms with Crippen LogP contribution < -0.4 is 5.32 Å². The van der Waals surface area contributed by atoms with Gasteiger partial charge in [0, 0.05) is 24.9 Å². The molecule has 1 aliphatic carbocycles. The fourth-order valence-electron chi connectivity index (χ4n) is 3.73. The van der Waals surface area contributed by atoms with Crippen LogP contribution in [-0.4, -0.2) is 42.0 Å². The van der Waals surface area contributed by atoms with E-state index in [1.807, 2.05) is 18.7 Å². The fraction of sp³-hybridized carbons (Fsp3) is 0.667. The maximum absolute atomic E-state index is 13.2. The minimum absolute atomic E-state index is 0.0350. The highest BCUT2D eigenvalue weighted by Crippen LogP contribution is 2.40. The summed E-state index contributed by atoms with van der Waals surface area (Å²) >= 11 is 1.58. The van der Waals surface area contributed by atoms with Gasteiger partial charge >= 0.3 is 0 Å². The molecule has 24 heavy (non-hydrogen) atoms. The molecule has 0 radical (unpaired) electrons. The molecule has 1 aromatic rings. The first-order chi connectivity index (χ1) is 11.3. The summed E-state index contributed by atoms with van der Waals surface area (Å²) < 4.78 is 5.74. The summed E-state index contributed by atoms with van der Waals surface area (Å²) in [6.07, 6.45) is 3.09. The van der Waals surface area contributed by atoms with E-state index in [0.717, 1.165) is 35.4 Å². The van der Waals surface area contributed by atoms with Crippen LogP contribution in [0.5, 0.6) is 0 Å². The summed E-state index contributed by atoms with van der Waals surface area (Å²) in [5, 5.41) is 3.61. The molecule has 6 heteroatoms. The van der Waals surface area contributed by atoms with Crippen LogP contribution in [0.2, 0.25) is 0 Å². The van der Waals surface area contributed by atoms with E-state index in [-0.39, 0.29) is 24.0 Å². The molecule has 0 unspecified atom stereocenters. The number of anilines is 1. The van der Waals surface area contributed by atoms with Crippen molar-refractivity contribution in [3.63, 3.8) is 0 Å². The SMILES string of the molecule is CC(=O)Nc1sc2c(c1C(=O)N1C[C@@H](C)O[C@H](C)C1)CC[C@H](C)C2. The third-order valence-electron chi connectivity index (χ3n) is 4.72. The Morgan fingerprint density at radius 2 is 1.88 bits per heavy atom. The zero-order valence-corrected chi connectivity index (χ0v) is 15.7. The van der Waals surface area contributed by atoms with Crippen molar-refractivity contribution in [3.05, 3.63) is 16.0 Å². The lowest BCUT2D eigenvalue weighted by Gasteiger charge is -2.35. The summed E-state index contributed by atoms with van der Waals surface area (Å²) in [5.41, 5.74) is 1.87. The smallest absolute Gasteiger partial charge is 0.257 e. The number of rotatable bonds is 2. The van der Waals surface area contributed by atoms with Gasteiger partial charge in [0.05, 0.1) is 17.8 Å². The number of ether oxygens (including phenoxy) is 1. The summed E-state index contributed by atoms with van der Waals surface area (Å²) in [4.78, 5) is 28.0. The van der Waals surface area contributed by atoms with Gasteiger partial charge in [0.2, 0.25) is 5.91 Å². The highest BCUT2D eigenvalue weighted by molar-refractivity contribution is 7.17. The average Bonchev–Trinajstić information content (AvgIpc) is 2.81. The van der Waals surface area contributed by atoms with Crippen molar-refractivity contribution in [3.8, 4) is 0 Å². The number of nitrogens with one attached hydrogen (secondary N) is 1. The van der Waals surface area contributed by atoms with Crippen LogP contribution in [0.25, 0.3) is 0 Å². The molecule has 5 nitrogen and oxygen atoms in total. The number of thiophene rings is 1. The van der Waals surface area contributed by atoms with Crippen molar-refractivity contribution in [1.82, 2.24) is 4.90 Å². The maximum Gasteiger partial charge on any atom is 0.257 e. The van der Waals surface area contributed by atoms with E-state index in [9.17, 15) is 9.59 Å². The topological polar surface area (TPSA) is 58.6 Å². The minimum Gasteiger partial charge on any atom is -0.372 e. The Labute approximate surface area is 147 Å². The number of hydrogen-bond acceptors (Lipinski definition) is 4. The van der Waals surface area contributed by atoms with Crippen molar-refractivity contribution in [2.45, 2.75) is 59.2 Å². The largest absolute Gasteiger partial charge is 0.372 e. The Bertz CT molecular complexity index is 645. The number of carbonyl (C=O) groups is 2. The monoisotopic (exact) mass is 350 g/mol. The molecule has 2 aliphatic rings. The maximum atomic E-state index is 13.2. The lowest BCUT2D eigenvalue weighted by Crippen LogP contribution is -2.48. The van der Waals surface area contributed by atoms with Gasteiger partial charge in [0.25, 0.3) is 5.91 Å². The summed E-state index contributed by atoms with van der Waals surface area (Å²) in [5.74, 6) is 0.542. The molecule has 2 heterocycles. The average molecular weight is 350 g/mol. The van der Waals surface area contributed by atoms with Crippen LogP contribution in [-0.2, 0) is 22.4 Å². The zero-order valence-electron chi connectivity index (χ0n) is 14.8. The van der Waals surface area contributed by atoms with Crippen molar-refractivity contribution >= 4 is 28.2 Å². The van der Waals surface area contributed by atoms with Crippen molar-refractivity contribution < 1.29 is 14.3 Å². The second-order valence-corrected chi connectivity index (χ2v) is 8.31. The zero-order chi connectivity index (χ0) is 17.4. The van der Waals surface area contributed by atoms with E-state index in [1.54, 1.807) is 11.3 Å². The molecule has 0 saturated carbocycles. The molecule has 1 fully saturated rings. The van der Waals surface area contributed by atoms with Gasteiger partial charge in [0.1, 0.15) is 5.00 Å². The van der Waals surface area contributed by atoms with Crippen LogP contribution in [0, 0.1) is 5.92 Å². The van der Waals surface area contributed by atoms with E-state index in [0.29, 0.717) is 19.0 Å². The Morgan fingerprint density at radius 1 is 1.21 bits per heavy atom. The molecular formula is C18H26N2O3S. The molecular weight excluding hydrogens is 324 g/mol. The van der Waals surface area contributed by atoms with Crippen LogP contribution >= 0.6 is 11.3 Å². The standard InChI is InChI=1S/C18H26N2O3S/c1-10-5-6-14-15(7-10)24-17(19-13(4)21)16(14)18(22)20-8-11(2)23-12(3)9-20/h10-12H,5-9H2,1-4H3,(H,19,21)/t10-,11+,12+/m0/s1. The number of nitrogens with zero attached hydrogens (tertiary/aromatic N) is 1. The Hall–Kier alpha value is -1.40. The molecule has 3 atom stereocenters. The number of morpholine rings is 1. The fourth-order valence-corrected chi connectivity index (χ4v) is 5.18. The predicted molar refractivity (Wildman–Crippen MR) is 95.7 cm³/mol. The van der Waals surface area contributed by atoms with Crippen LogP contribution in [0.4, 0.5) is 5.00 Å². The van der Waals surface area contributed by atoms with Gasteiger partial charge in [-0.15, -0.1) is 11.3 Å². The Balaban J connectivity index is 1.95. The molecule has 3 rings (SSSR count). The molecule has 0 spiro atoms. The van der Waals surface area contributed by atoms with Gasteiger partial charge in [-0.1, -0.05) is 6.92 Å². The third kappa shape index (κ3) is 3.49. The lowest BCUT2D eigenvalue weighted by atomic mass is 9.88. The number of fused-ring (bicyclic) bond motifs is 1. The minimum atomic E-state index is -0.126. The molecule has 132 valence electrons. The van der Waals surface area contributed by atoms with Gasteiger partial charge in [-0.3, -0.25) is 9.59 Å². The molecule has 1 saturated heterocycles. The van der Waals surface area contributed by atoms with Crippen LogP contribution in [0.3, 0.4) is 0 Å². The first-order valence-corrected chi connectivity index (χ1v) is 9.53. The molecule has 0 aromatic carbocycles. The Morgan fingerprint density at radius 3 is 2.50 bits per heavy atom. The van der Waals surface area contributed by atoms with Crippen LogP contribution in [0.1, 0.15) is 54.9 Å². The molecule has 1 N–H and O–H groups in total. The molecule has 2 amide bonds. The third-order valence-corrected chi connectivity index (χ3v) is 5.89. The summed E-state index contributed by atoms with van der Waals surface area (Å²) in [6.45, 7) is 8.93. The van der Waals surface area contributed by atoms with E-state index >= 15 is 0 Å². The second-order valence-electron chi connectivity index (χ2n) is 7.20. The first-order valence-electron chi connectivity index (χ1n) is 8.72. The number of carbonyl (C=O) groups excluding carboxylic acids is 2. The van der Waals surface area contributed by atoms with Crippen molar-refractivity contribution in [1.29, 1.82) is 0 Å². The number of amides is 2. The molecule has 1 aromatic heterocycles. The van der Waals surface area contributed by atoms with Crippen LogP contribution in [0.15, 0.2) is 0 Å². The van der Waals surface area contributed by atoms with Gasteiger partial charge < -0.3 is 15.0 Å². The van der Waals surface area contributed by atoms with Gasteiger partial charge in [0.15, 0.2) is 0 Å². The normalized spacial score (nSPS) is 26.8. The van der Waals surface area contributed by atoms with Crippen molar-refractivity contribution in [2.24, 2.45) is 5.92 Å². The summed E-state index contributed by atoms with van der Waals surface area (Å²) in [6, 6.07) is 0.